The minimum absolute atomic E-state index is 0.103. The van der Waals surface area contributed by atoms with E-state index in [9.17, 15) is 14.4 Å². The highest BCUT2D eigenvalue weighted by atomic mass is 35.5. The van der Waals surface area contributed by atoms with Gasteiger partial charge in [0.15, 0.2) is 0 Å². The fourth-order valence-electron chi connectivity index (χ4n) is 7.89. The lowest BCUT2D eigenvalue weighted by Gasteiger charge is -2.38. The molecule has 2 bridgehead atoms. The topological polar surface area (TPSA) is 91.0 Å². The second-order valence-electron chi connectivity index (χ2n) is 12.3. The third-order valence-corrected chi connectivity index (χ3v) is 10.7. The Morgan fingerprint density at radius 3 is 2.56 bits per heavy atom. The van der Waals surface area contributed by atoms with Crippen molar-refractivity contribution in [3.05, 3.63) is 40.4 Å². The SMILES string of the molecule is CCC1CCCCN1CCN1C(=O)C2C(C(=O)Nc3ccc(Cl)c(Cl)c3)C3C=CC2(O3)C1C(=O)NC1CCCCC1. The molecule has 0 aromatic heterocycles. The quantitative estimate of drug-likeness (QED) is 0.417. The average molecular weight is 604 g/mol. The standard InChI is InChI=1S/C31H40Cl2N4O4/c1-2-21-10-6-7-15-36(21)16-17-37-27(29(39)34-19-8-4-3-5-9-19)31-14-13-24(41-31)25(26(31)30(37)40)28(38)35-20-11-12-22(32)23(33)18-20/h11-14,18-19,21,24-27H,2-10,15-17H2,1H3,(H,34,39)(H,35,38). The Bertz CT molecular complexity index is 1220. The second-order valence-corrected chi connectivity index (χ2v) is 13.1. The Morgan fingerprint density at radius 1 is 1.02 bits per heavy atom. The Morgan fingerprint density at radius 2 is 1.80 bits per heavy atom. The van der Waals surface area contributed by atoms with Crippen molar-refractivity contribution >= 4 is 46.6 Å². The lowest BCUT2D eigenvalue weighted by molar-refractivity contribution is -0.141. The summed E-state index contributed by atoms with van der Waals surface area (Å²) in [4.78, 5) is 46.2. The molecule has 3 saturated heterocycles. The van der Waals surface area contributed by atoms with Crippen LogP contribution in [0.15, 0.2) is 30.4 Å². The van der Waals surface area contributed by atoms with Crippen LogP contribution in [0.1, 0.15) is 64.7 Å². The summed E-state index contributed by atoms with van der Waals surface area (Å²) < 4.78 is 6.50. The van der Waals surface area contributed by atoms with E-state index in [4.69, 9.17) is 27.9 Å². The van der Waals surface area contributed by atoms with E-state index in [-0.39, 0.29) is 23.8 Å². The number of nitrogens with one attached hydrogen (secondary N) is 2. The molecule has 4 fully saturated rings. The lowest BCUT2D eigenvalue weighted by Crippen LogP contribution is -2.57. The minimum Gasteiger partial charge on any atom is -0.359 e. The summed E-state index contributed by atoms with van der Waals surface area (Å²) in [6.07, 6.45) is 13.0. The van der Waals surface area contributed by atoms with Gasteiger partial charge in [0.25, 0.3) is 0 Å². The van der Waals surface area contributed by atoms with Crippen LogP contribution in [0.4, 0.5) is 5.69 Å². The number of benzene rings is 1. The summed E-state index contributed by atoms with van der Waals surface area (Å²) in [5.41, 5.74) is -0.665. The van der Waals surface area contributed by atoms with Crippen molar-refractivity contribution in [2.45, 2.75) is 94.5 Å². The van der Waals surface area contributed by atoms with Crippen molar-refractivity contribution in [1.29, 1.82) is 0 Å². The Balaban J connectivity index is 1.27. The Labute approximate surface area is 252 Å². The lowest BCUT2D eigenvalue weighted by atomic mass is 9.74. The van der Waals surface area contributed by atoms with E-state index in [0.29, 0.717) is 34.9 Å². The van der Waals surface area contributed by atoms with Crippen molar-refractivity contribution in [2.24, 2.45) is 11.8 Å². The molecule has 6 rings (SSSR count). The van der Waals surface area contributed by atoms with Gasteiger partial charge in [0.1, 0.15) is 11.6 Å². The van der Waals surface area contributed by atoms with Crippen LogP contribution in [0, 0.1) is 11.8 Å². The van der Waals surface area contributed by atoms with E-state index in [1.807, 2.05) is 12.2 Å². The highest BCUT2D eigenvalue weighted by Gasteiger charge is 2.72. The van der Waals surface area contributed by atoms with Gasteiger partial charge in [0, 0.05) is 30.9 Å². The molecule has 4 aliphatic heterocycles. The van der Waals surface area contributed by atoms with Crippen LogP contribution in [-0.4, -0.2) is 77.0 Å². The first-order valence-electron chi connectivity index (χ1n) is 15.3. The van der Waals surface area contributed by atoms with E-state index >= 15 is 0 Å². The van der Waals surface area contributed by atoms with Crippen LogP contribution < -0.4 is 10.6 Å². The Hall–Kier alpha value is -2.13. The molecule has 41 heavy (non-hydrogen) atoms. The molecule has 1 spiro atoms. The molecule has 0 radical (unpaired) electrons. The van der Waals surface area contributed by atoms with Crippen LogP contribution in [0.2, 0.25) is 10.0 Å². The van der Waals surface area contributed by atoms with Gasteiger partial charge in [0.2, 0.25) is 17.7 Å². The van der Waals surface area contributed by atoms with Crippen LogP contribution >= 0.6 is 23.2 Å². The van der Waals surface area contributed by atoms with Crippen molar-refractivity contribution in [3.63, 3.8) is 0 Å². The molecule has 6 atom stereocenters. The van der Waals surface area contributed by atoms with Gasteiger partial charge in [-0.2, -0.15) is 0 Å². The number of rotatable bonds is 8. The molecule has 222 valence electrons. The third kappa shape index (κ3) is 5.30. The molecule has 8 nitrogen and oxygen atoms in total. The molecule has 3 amide bonds. The van der Waals surface area contributed by atoms with Gasteiger partial charge in [-0.15, -0.1) is 0 Å². The summed E-state index contributed by atoms with van der Waals surface area (Å²) in [6.45, 7) is 4.34. The maximum atomic E-state index is 14.3. The van der Waals surface area contributed by atoms with Crippen LogP contribution in [0.3, 0.4) is 0 Å². The number of carbonyl (C=O) groups excluding carboxylic acids is 3. The first kappa shape index (κ1) is 29.0. The van der Waals surface area contributed by atoms with Gasteiger partial charge in [-0.05, 0) is 56.8 Å². The van der Waals surface area contributed by atoms with E-state index in [0.717, 1.165) is 51.5 Å². The molecule has 1 aliphatic carbocycles. The number of halogens is 2. The molecule has 1 aromatic rings. The number of likely N-dealkylation sites (tertiary alicyclic amines) is 2. The molecule has 2 N–H and O–H groups in total. The Kier molecular flexibility index (Phi) is 8.38. The number of amides is 3. The molecule has 4 heterocycles. The van der Waals surface area contributed by atoms with Crippen molar-refractivity contribution in [1.82, 2.24) is 15.1 Å². The predicted molar refractivity (Wildman–Crippen MR) is 159 cm³/mol. The molecule has 6 unspecified atom stereocenters. The predicted octanol–water partition coefficient (Wildman–Crippen LogP) is 4.80. The summed E-state index contributed by atoms with van der Waals surface area (Å²) in [6, 6.07) is 4.68. The molecule has 1 aromatic carbocycles. The second kappa shape index (κ2) is 11.9. The molecular formula is C31H40Cl2N4O4. The van der Waals surface area contributed by atoms with Crippen molar-refractivity contribution < 1.29 is 19.1 Å². The zero-order valence-electron chi connectivity index (χ0n) is 23.6. The van der Waals surface area contributed by atoms with Gasteiger partial charge in [-0.3, -0.25) is 19.3 Å². The first-order chi connectivity index (χ1) is 19.8. The smallest absolute Gasteiger partial charge is 0.246 e. The summed E-state index contributed by atoms with van der Waals surface area (Å²) in [5.74, 6) is -2.20. The van der Waals surface area contributed by atoms with Crippen LogP contribution in [-0.2, 0) is 19.1 Å². The van der Waals surface area contributed by atoms with Crippen LogP contribution in [0.5, 0.6) is 0 Å². The number of ether oxygens (including phenoxy) is 1. The summed E-state index contributed by atoms with van der Waals surface area (Å²) in [5, 5.41) is 6.90. The first-order valence-corrected chi connectivity index (χ1v) is 16.1. The highest BCUT2D eigenvalue weighted by Crippen LogP contribution is 2.55. The maximum absolute atomic E-state index is 14.3. The number of carbonyl (C=O) groups is 3. The van der Waals surface area contributed by atoms with E-state index in [1.54, 1.807) is 23.1 Å². The summed E-state index contributed by atoms with van der Waals surface area (Å²) in [7, 11) is 0. The van der Waals surface area contributed by atoms with Crippen molar-refractivity contribution in [3.8, 4) is 0 Å². The van der Waals surface area contributed by atoms with Gasteiger partial charge in [0.05, 0.1) is 28.0 Å². The normalized spacial score (nSPS) is 33.3. The van der Waals surface area contributed by atoms with Gasteiger partial charge < -0.3 is 20.3 Å². The van der Waals surface area contributed by atoms with Gasteiger partial charge >= 0.3 is 0 Å². The third-order valence-electron chi connectivity index (χ3n) is 9.91. The number of hydrogen-bond acceptors (Lipinski definition) is 5. The van der Waals surface area contributed by atoms with E-state index in [1.165, 1.54) is 12.8 Å². The van der Waals surface area contributed by atoms with Gasteiger partial charge in [-0.25, -0.2) is 0 Å². The highest BCUT2D eigenvalue weighted by molar-refractivity contribution is 6.42. The molecule has 1 saturated carbocycles. The van der Waals surface area contributed by atoms with E-state index < -0.39 is 29.6 Å². The fraction of sp³-hybridized carbons (Fsp3) is 0.645. The minimum atomic E-state index is -1.16. The molecule has 5 aliphatic rings. The number of nitrogens with zero attached hydrogens (tertiary/aromatic N) is 2. The molecule has 10 heteroatoms. The van der Waals surface area contributed by atoms with Crippen LogP contribution in [0.25, 0.3) is 0 Å². The number of fused-ring (bicyclic) bond motifs is 1. The fourth-order valence-corrected chi connectivity index (χ4v) is 8.19. The van der Waals surface area contributed by atoms with Crippen molar-refractivity contribution in [2.75, 3.05) is 25.0 Å². The number of hydrogen-bond donors (Lipinski definition) is 2. The summed E-state index contributed by atoms with van der Waals surface area (Å²) >= 11 is 12.2. The zero-order valence-corrected chi connectivity index (χ0v) is 25.1. The molecular weight excluding hydrogens is 563 g/mol. The maximum Gasteiger partial charge on any atom is 0.246 e. The largest absolute Gasteiger partial charge is 0.359 e. The van der Waals surface area contributed by atoms with E-state index in [2.05, 4.69) is 22.5 Å². The number of piperidine rings is 1. The zero-order chi connectivity index (χ0) is 28.7. The van der Waals surface area contributed by atoms with Gasteiger partial charge in [-0.1, -0.05) is 68.0 Å². The number of anilines is 1. The average Bonchev–Trinajstić information content (AvgIpc) is 3.61. The monoisotopic (exact) mass is 602 g/mol.